The largest absolute Gasteiger partial charge is 0.434 e. The Kier molecular flexibility index (Phi) is 8.27. The number of H-pyrrole nitrogens is 1. The van der Waals surface area contributed by atoms with Crippen molar-refractivity contribution in [2.24, 2.45) is 7.05 Å². The molecule has 0 radical (unpaired) electrons. The van der Waals surface area contributed by atoms with Gasteiger partial charge in [0.25, 0.3) is 0 Å². The molecule has 2 aliphatic rings. The Bertz CT molecular complexity index is 1510. The zero-order valence-electron chi connectivity index (χ0n) is 21.7. The third kappa shape index (κ3) is 5.65. The number of aryl methyl sites for hydroxylation is 1. The van der Waals surface area contributed by atoms with E-state index in [1.54, 1.807) is 6.07 Å². The lowest BCUT2D eigenvalue weighted by Crippen LogP contribution is -2.53. The fourth-order valence-electron chi connectivity index (χ4n) is 5.79. The summed E-state index contributed by atoms with van der Waals surface area (Å²) in [5.74, 6) is 0.256. The first kappa shape index (κ1) is 29.0. The molecule has 4 aromatic rings. The van der Waals surface area contributed by atoms with E-state index < -0.39 is 16.9 Å². The molecule has 214 valence electrons. The van der Waals surface area contributed by atoms with Crippen LogP contribution in [0.2, 0.25) is 10.0 Å². The molecule has 6 rings (SSSR count). The molecule has 2 unspecified atom stereocenters. The van der Waals surface area contributed by atoms with Crippen LogP contribution in [0.4, 0.5) is 19.0 Å². The Morgan fingerprint density at radius 2 is 1.98 bits per heavy atom. The van der Waals surface area contributed by atoms with E-state index in [9.17, 15) is 13.2 Å². The predicted octanol–water partition coefficient (Wildman–Crippen LogP) is 5.44. The second kappa shape index (κ2) is 11.4. The van der Waals surface area contributed by atoms with Crippen LogP contribution in [0.3, 0.4) is 0 Å². The van der Waals surface area contributed by atoms with Gasteiger partial charge in [-0.2, -0.15) is 13.2 Å². The summed E-state index contributed by atoms with van der Waals surface area (Å²) in [5, 5.41) is 1.43. The van der Waals surface area contributed by atoms with Crippen LogP contribution in [0.1, 0.15) is 23.0 Å². The van der Waals surface area contributed by atoms with Crippen molar-refractivity contribution in [2.75, 3.05) is 37.7 Å². The molecule has 2 atom stereocenters. The molecule has 0 spiro atoms. The van der Waals surface area contributed by atoms with Gasteiger partial charge in [0.15, 0.2) is 5.69 Å². The van der Waals surface area contributed by atoms with Crippen molar-refractivity contribution in [1.82, 2.24) is 19.4 Å². The highest BCUT2D eigenvalue weighted by Gasteiger charge is 2.38. The van der Waals surface area contributed by atoms with Crippen molar-refractivity contribution in [3.63, 3.8) is 0 Å². The lowest BCUT2D eigenvalue weighted by Gasteiger charge is -2.42. The number of imidazole rings is 1. The van der Waals surface area contributed by atoms with Gasteiger partial charge in [-0.25, -0.2) is 14.1 Å². The maximum Gasteiger partial charge on any atom is 0.434 e. The molecule has 1 saturated heterocycles. The number of aromatic amines is 1. The van der Waals surface area contributed by atoms with E-state index in [4.69, 9.17) is 27.9 Å². The third-order valence-corrected chi connectivity index (χ3v) is 8.14. The van der Waals surface area contributed by atoms with Crippen molar-refractivity contribution in [1.29, 1.82) is 0 Å². The lowest BCUT2D eigenvalue weighted by atomic mass is 9.96. The quantitative estimate of drug-likeness (QED) is 0.304. The number of benzene rings is 1. The molecule has 1 fully saturated rings. The molecule has 7 nitrogen and oxygen atoms in total. The molecule has 2 aliphatic heterocycles. The number of hydrogen-bond acceptors (Lipinski definition) is 4. The number of rotatable bonds is 5. The van der Waals surface area contributed by atoms with E-state index >= 15 is 0 Å². The maximum atomic E-state index is 13.6. The molecule has 0 saturated carbocycles. The number of fused-ring (bicyclic) bond motifs is 3. The number of nitrogens with one attached hydrogen (secondary N) is 1. The highest BCUT2D eigenvalue weighted by Crippen LogP contribution is 2.38. The number of halogens is 6. The Morgan fingerprint density at radius 1 is 1.15 bits per heavy atom. The van der Waals surface area contributed by atoms with Crippen LogP contribution >= 0.6 is 35.6 Å². The third-order valence-electron chi connectivity index (χ3n) is 7.60. The van der Waals surface area contributed by atoms with Gasteiger partial charge < -0.3 is 14.6 Å². The van der Waals surface area contributed by atoms with E-state index in [2.05, 4.69) is 19.4 Å². The van der Waals surface area contributed by atoms with Gasteiger partial charge in [0.1, 0.15) is 24.8 Å². The summed E-state index contributed by atoms with van der Waals surface area (Å²) in [5.41, 5.74) is 2.38. The molecule has 40 heavy (non-hydrogen) atoms. The second-order valence-corrected chi connectivity index (χ2v) is 11.0. The van der Waals surface area contributed by atoms with Crippen molar-refractivity contribution < 1.29 is 22.5 Å². The summed E-state index contributed by atoms with van der Waals surface area (Å²) in [7, 11) is 1.98. The fraction of sp³-hybridized carbons (Fsp3) is 0.407. The van der Waals surface area contributed by atoms with Gasteiger partial charge in [0.2, 0.25) is 6.33 Å². The fourth-order valence-corrected chi connectivity index (χ4v) is 6.18. The van der Waals surface area contributed by atoms with Crippen LogP contribution in [0.25, 0.3) is 10.9 Å². The molecule has 0 aliphatic carbocycles. The van der Waals surface area contributed by atoms with E-state index in [1.807, 2.05) is 53.4 Å². The topological polar surface area (TPSA) is 53.2 Å². The van der Waals surface area contributed by atoms with Gasteiger partial charge in [0.05, 0.1) is 37.4 Å². The highest BCUT2D eigenvalue weighted by atomic mass is 35.5. The first-order valence-electron chi connectivity index (χ1n) is 12.8. The number of alkyl halides is 3. The normalized spacial score (nSPS) is 20.0. The van der Waals surface area contributed by atoms with Crippen LogP contribution in [-0.4, -0.2) is 58.3 Å². The summed E-state index contributed by atoms with van der Waals surface area (Å²) in [6.07, 6.45) is 2.28. The Hall–Kier alpha value is -2.50. The summed E-state index contributed by atoms with van der Waals surface area (Å²) in [6.45, 7) is 3.34. The number of anilines is 1. The Balaban J connectivity index is 0.00000323. The molecule has 0 amide bonds. The van der Waals surface area contributed by atoms with Crippen molar-refractivity contribution in [2.45, 2.75) is 31.2 Å². The van der Waals surface area contributed by atoms with Crippen LogP contribution in [0, 0.1) is 0 Å². The summed E-state index contributed by atoms with van der Waals surface area (Å²) >= 11 is 12.2. The lowest BCUT2D eigenvalue weighted by molar-refractivity contribution is -0.671. The molecule has 5 heterocycles. The Morgan fingerprint density at radius 3 is 2.73 bits per heavy atom. The SMILES string of the molecule is C[n+]1ccn(CC2c3[nH]c4ccc(Cl)cc4c3CCN2CC2COCCN2c2ccc(Cl)c(C(F)(F)F)n2)c1.Cl. The number of pyridine rings is 1. The van der Waals surface area contributed by atoms with Gasteiger partial charge in [-0.1, -0.05) is 23.2 Å². The number of hydrogen-bond donors (Lipinski definition) is 1. The number of morpholine rings is 1. The van der Waals surface area contributed by atoms with Gasteiger partial charge in [-0.3, -0.25) is 4.90 Å². The standard InChI is InChI=1S/C27H28Cl2F3N6O.ClH/c1-35-8-9-36(16-35)14-23-25-19(20-12-17(28)2-4-22(20)33-25)6-7-37(23)13-18-15-39-11-10-38(18)24-5-3-21(29)26(34-24)27(30,31)32;/h2-5,8-9,12,16,18,23,33H,6-7,10-11,13-15H2,1H3;1H/q+1;. The van der Waals surface area contributed by atoms with Gasteiger partial charge in [-0.15, -0.1) is 12.4 Å². The van der Waals surface area contributed by atoms with E-state index in [0.29, 0.717) is 37.9 Å². The summed E-state index contributed by atoms with van der Waals surface area (Å²) < 4.78 is 50.7. The molecule has 3 aromatic heterocycles. The number of ether oxygens (including phenoxy) is 1. The highest BCUT2D eigenvalue weighted by molar-refractivity contribution is 6.31. The second-order valence-electron chi connectivity index (χ2n) is 10.2. The van der Waals surface area contributed by atoms with Gasteiger partial charge >= 0.3 is 6.18 Å². The smallest absolute Gasteiger partial charge is 0.377 e. The predicted molar refractivity (Wildman–Crippen MR) is 150 cm³/mol. The molecular formula is C27H29Cl3F3N6O+. The van der Waals surface area contributed by atoms with Crippen LogP contribution in [-0.2, 0) is 30.9 Å². The van der Waals surface area contributed by atoms with Crippen LogP contribution < -0.4 is 9.47 Å². The van der Waals surface area contributed by atoms with Gasteiger partial charge in [0, 0.05) is 41.3 Å². The van der Waals surface area contributed by atoms with Crippen LogP contribution in [0.5, 0.6) is 0 Å². The zero-order chi connectivity index (χ0) is 27.3. The van der Waals surface area contributed by atoms with Crippen molar-refractivity contribution >= 4 is 52.3 Å². The molecule has 1 N–H and O–H groups in total. The number of aromatic nitrogens is 4. The van der Waals surface area contributed by atoms with Crippen molar-refractivity contribution in [3.05, 3.63) is 76.0 Å². The number of nitrogens with zero attached hydrogens (tertiary/aromatic N) is 5. The zero-order valence-corrected chi connectivity index (χ0v) is 24.0. The average Bonchev–Trinajstić information content (AvgIpc) is 3.48. The molecule has 0 bridgehead atoms. The minimum absolute atomic E-state index is 0. The average molecular weight is 617 g/mol. The molecular weight excluding hydrogens is 588 g/mol. The summed E-state index contributed by atoms with van der Waals surface area (Å²) in [4.78, 5) is 11.9. The maximum absolute atomic E-state index is 13.6. The first-order valence-corrected chi connectivity index (χ1v) is 13.6. The van der Waals surface area contributed by atoms with E-state index in [0.717, 1.165) is 29.6 Å². The minimum atomic E-state index is -4.63. The van der Waals surface area contributed by atoms with E-state index in [1.165, 1.54) is 11.6 Å². The van der Waals surface area contributed by atoms with E-state index in [-0.39, 0.29) is 30.3 Å². The Labute approximate surface area is 245 Å². The summed E-state index contributed by atoms with van der Waals surface area (Å²) in [6, 6.07) is 8.57. The van der Waals surface area contributed by atoms with Crippen LogP contribution in [0.15, 0.2) is 49.1 Å². The molecule has 1 aromatic carbocycles. The monoisotopic (exact) mass is 615 g/mol. The minimum Gasteiger partial charge on any atom is -0.377 e. The van der Waals surface area contributed by atoms with Crippen molar-refractivity contribution in [3.8, 4) is 0 Å². The molecule has 13 heteroatoms. The van der Waals surface area contributed by atoms with Gasteiger partial charge in [-0.05, 0) is 42.3 Å². The first-order chi connectivity index (χ1) is 18.7.